The van der Waals surface area contributed by atoms with Gasteiger partial charge in [-0.3, -0.25) is 0 Å². The standard InChI is InChI=1S/C20H20N2OS/c1-15-2-8-19-18(14-15)21-20(24-19)9-5-16-3-6-17(7-4-16)22-10-12-23-13-11-22/h2-9,14H,10-13H2,1H3/b9-5+. The molecule has 1 aliphatic heterocycles. The summed E-state index contributed by atoms with van der Waals surface area (Å²) in [5, 5.41) is 1.05. The minimum Gasteiger partial charge on any atom is -0.378 e. The van der Waals surface area contributed by atoms with Crippen molar-refractivity contribution in [1.29, 1.82) is 0 Å². The lowest BCUT2D eigenvalue weighted by atomic mass is 10.2. The van der Waals surface area contributed by atoms with Gasteiger partial charge in [-0.2, -0.15) is 0 Å². The maximum absolute atomic E-state index is 5.41. The van der Waals surface area contributed by atoms with Crippen LogP contribution in [0.3, 0.4) is 0 Å². The van der Waals surface area contributed by atoms with Gasteiger partial charge in [0.25, 0.3) is 0 Å². The van der Waals surface area contributed by atoms with Gasteiger partial charge < -0.3 is 9.64 Å². The number of morpholine rings is 1. The number of benzene rings is 2. The Labute approximate surface area is 146 Å². The van der Waals surface area contributed by atoms with Gasteiger partial charge in [0.15, 0.2) is 0 Å². The van der Waals surface area contributed by atoms with Crippen LogP contribution in [-0.2, 0) is 4.74 Å². The van der Waals surface area contributed by atoms with Crippen LogP contribution in [0.15, 0.2) is 42.5 Å². The zero-order valence-electron chi connectivity index (χ0n) is 13.7. The summed E-state index contributed by atoms with van der Waals surface area (Å²) in [6, 6.07) is 15.1. The van der Waals surface area contributed by atoms with E-state index in [-0.39, 0.29) is 0 Å². The van der Waals surface area contributed by atoms with Gasteiger partial charge in [0.1, 0.15) is 5.01 Å². The highest BCUT2D eigenvalue weighted by Crippen LogP contribution is 2.25. The molecule has 2 heterocycles. The lowest BCUT2D eigenvalue weighted by molar-refractivity contribution is 0.122. The number of nitrogens with zero attached hydrogens (tertiary/aromatic N) is 2. The molecule has 0 aliphatic carbocycles. The number of ether oxygens (including phenoxy) is 1. The van der Waals surface area contributed by atoms with Crippen LogP contribution in [0.5, 0.6) is 0 Å². The Morgan fingerprint density at radius 3 is 2.62 bits per heavy atom. The summed E-state index contributed by atoms with van der Waals surface area (Å²) in [5.74, 6) is 0. The van der Waals surface area contributed by atoms with Gasteiger partial charge in [0, 0.05) is 18.8 Å². The number of aryl methyl sites for hydroxylation is 1. The Balaban J connectivity index is 1.50. The number of hydrogen-bond donors (Lipinski definition) is 0. The van der Waals surface area contributed by atoms with Crippen molar-refractivity contribution in [2.45, 2.75) is 6.92 Å². The maximum Gasteiger partial charge on any atom is 0.117 e. The van der Waals surface area contributed by atoms with Gasteiger partial charge in [0.2, 0.25) is 0 Å². The second-order valence-electron chi connectivity index (χ2n) is 6.05. The minimum absolute atomic E-state index is 0.818. The van der Waals surface area contributed by atoms with Crippen LogP contribution < -0.4 is 4.90 Å². The Morgan fingerprint density at radius 2 is 1.83 bits per heavy atom. The Kier molecular flexibility index (Phi) is 4.32. The number of rotatable bonds is 3. The predicted molar refractivity (Wildman–Crippen MR) is 103 cm³/mol. The Bertz CT molecular complexity index is 861. The predicted octanol–water partition coefficient (Wildman–Crippen LogP) is 4.61. The van der Waals surface area contributed by atoms with Gasteiger partial charge in [0.05, 0.1) is 23.4 Å². The molecule has 3 nitrogen and oxygen atoms in total. The van der Waals surface area contributed by atoms with Crippen molar-refractivity contribution >= 4 is 39.4 Å². The average Bonchev–Trinajstić information content (AvgIpc) is 3.03. The average molecular weight is 336 g/mol. The highest BCUT2D eigenvalue weighted by molar-refractivity contribution is 7.19. The third-order valence-corrected chi connectivity index (χ3v) is 5.25. The van der Waals surface area contributed by atoms with Crippen molar-refractivity contribution in [3.05, 3.63) is 58.6 Å². The molecule has 1 saturated heterocycles. The second-order valence-corrected chi connectivity index (χ2v) is 7.11. The van der Waals surface area contributed by atoms with E-state index in [1.807, 2.05) is 0 Å². The summed E-state index contributed by atoms with van der Waals surface area (Å²) in [4.78, 5) is 7.06. The first-order valence-corrected chi connectivity index (χ1v) is 9.08. The van der Waals surface area contributed by atoms with Crippen LogP contribution >= 0.6 is 11.3 Å². The largest absolute Gasteiger partial charge is 0.378 e. The minimum atomic E-state index is 0.818. The molecule has 0 bridgehead atoms. The number of thiazole rings is 1. The molecule has 0 amide bonds. The van der Waals surface area contributed by atoms with Crippen molar-refractivity contribution < 1.29 is 4.74 Å². The summed E-state index contributed by atoms with van der Waals surface area (Å²) in [6.45, 7) is 5.68. The molecule has 0 radical (unpaired) electrons. The maximum atomic E-state index is 5.41. The number of anilines is 1. The van der Waals surface area contributed by atoms with Crippen LogP contribution in [0.1, 0.15) is 16.1 Å². The van der Waals surface area contributed by atoms with Gasteiger partial charge in [-0.25, -0.2) is 4.98 Å². The zero-order valence-corrected chi connectivity index (χ0v) is 14.6. The molecule has 24 heavy (non-hydrogen) atoms. The molecular weight excluding hydrogens is 316 g/mol. The van der Waals surface area contributed by atoms with E-state index in [0.717, 1.165) is 36.8 Å². The molecule has 3 aromatic rings. The van der Waals surface area contributed by atoms with Crippen LogP contribution in [0.2, 0.25) is 0 Å². The molecule has 1 fully saturated rings. The number of fused-ring (bicyclic) bond motifs is 1. The molecule has 4 rings (SSSR count). The van der Waals surface area contributed by atoms with E-state index in [2.05, 4.69) is 71.4 Å². The van der Waals surface area contributed by atoms with Crippen LogP contribution in [0.25, 0.3) is 22.4 Å². The summed E-state index contributed by atoms with van der Waals surface area (Å²) >= 11 is 1.73. The first kappa shape index (κ1) is 15.4. The topological polar surface area (TPSA) is 25.4 Å². The first-order valence-electron chi connectivity index (χ1n) is 8.26. The monoisotopic (exact) mass is 336 g/mol. The van der Waals surface area contributed by atoms with E-state index in [4.69, 9.17) is 4.74 Å². The molecule has 0 atom stereocenters. The van der Waals surface area contributed by atoms with Gasteiger partial charge in [-0.05, 0) is 48.4 Å². The molecule has 4 heteroatoms. The Morgan fingerprint density at radius 1 is 1.04 bits per heavy atom. The van der Waals surface area contributed by atoms with E-state index >= 15 is 0 Å². The molecule has 2 aromatic carbocycles. The van der Waals surface area contributed by atoms with E-state index in [1.54, 1.807) is 11.3 Å². The lowest BCUT2D eigenvalue weighted by Crippen LogP contribution is -2.36. The molecule has 122 valence electrons. The third kappa shape index (κ3) is 3.35. The van der Waals surface area contributed by atoms with Gasteiger partial charge in [-0.15, -0.1) is 11.3 Å². The molecular formula is C20H20N2OS. The van der Waals surface area contributed by atoms with E-state index in [0.29, 0.717) is 0 Å². The lowest BCUT2D eigenvalue weighted by Gasteiger charge is -2.28. The van der Waals surface area contributed by atoms with Gasteiger partial charge in [-0.1, -0.05) is 24.3 Å². The van der Waals surface area contributed by atoms with Crippen molar-refractivity contribution in [2.24, 2.45) is 0 Å². The Hall–Kier alpha value is -2.17. The fraction of sp³-hybridized carbons (Fsp3) is 0.250. The van der Waals surface area contributed by atoms with Crippen molar-refractivity contribution in [3.8, 4) is 0 Å². The molecule has 0 spiro atoms. The fourth-order valence-electron chi connectivity index (χ4n) is 2.91. The summed E-state index contributed by atoms with van der Waals surface area (Å²) < 4.78 is 6.64. The normalized spacial score (nSPS) is 15.5. The number of aromatic nitrogens is 1. The van der Waals surface area contributed by atoms with Crippen molar-refractivity contribution in [3.63, 3.8) is 0 Å². The highest BCUT2D eigenvalue weighted by atomic mass is 32.1. The molecule has 1 aliphatic rings. The fourth-order valence-corrected chi connectivity index (χ4v) is 3.76. The van der Waals surface area contributed by atoms with Crippen molar-refractivity contribution in [1.82, 2.24) is 4.98 Å². The molecule has 1 aromatic heterocycles. The quantitative estimate of drug-likeness (QED) is 0.698. The van der Waals surface area contributed by atoms with Gasteiger partial charge >= 0.3 is 0 Å². The zero-order chi connectivity index (χ0) is 16.4. The summed E-state index contributed by atoms with van der Waals surface area (Å²) in [5.41, 5.74) is 4.80. The highest BCUT2D eigenvalue weighted by Gasteiger charge is 2.10. The molecule has 0 N–H and O–H groups in total. The van der Waals surface area contributed by atoms with Crippen LogP contribution in [0.4, 0.5) is 5.69 Å². The smallest absolute Gasteiger partial charge is 0.117 e. The number of hydrogen-bond acceptors (Lipinski definition) is 4. The van der Waals surface area contributed by atoms with E-state index < -0.39 is 0 Å². The molecule has 0 saturated carbocycles. The third-order valence-electron chi connectivity index (χ3n) is 4.25. The van der Waals surface area contributed by atoms with Crippen LogP contribution in [0, 0.1) is 6.92 Å². The van der Waals surface area contributed by atoms with E-state index in [1.165, 1.54) is 21.5 Å². The summed E-state index contributed by atoms with van der Waals surface area (Å²) in [6.07, 6.45) is 4.23. The van der Waals surface area contributed by atoms with Crippen LogP contribution in [-0.4, -0.2) is 31.3 Å². The SMILES string of the molecule is Cc1ccc2sc(/C=C/c3ccc(N4CCOCC4)cc3)nc2c1. The molecule has 0 unspecified atom stereocenters. The first-order chi connectivity index (χ1) is 11.8. The van der Waals surface area contributed by atoms with Crippen molar-refractivity contribution in [2.75, 3.05) is 31.2 Å². The van der Waals surface area contributed by atoms with E-state index in [9.17, 15) is 0 Å². The summed E-state index contributed by atoms with van der Waals surface area (Å²) in [7, 11) is 0. The second kappa shape index (κ2) is 6.75.